The van der Waals surface area contributed by atoms with Gasteiger partial charge in [-0.25, -0.2) is 0 Å². The Kier molecular flexibility index (Phi) is 5.22. The molecule has 3 nitrogen and oxygen atoms in total. The Morgan fingerprint density at radius 1 is 0.818 bits per heavy atom. The van der Waals surface area contributed by atoms with E-state index in [0.717, 1.165) is 39.3 Å². The summed E-state index contributed by atoms with van der Waals surface area (Å²) in [6, 6.07) is 21.8. The standard InChI is InChI=1S/C19H25N3/c20-13-19-16-21(14-17-7-3-1-4-8-17)11-12-22(19)15-18-9-5-2-6-10-18/h1-10,19H,11-16,20H2/t19-/m0/s1. The molecule has 0 amide bonds. The molecule has 0 radical (unpaired) electrons. The fourth-order valence-corrected chi connectivity index (χ4v) is 3.19. The number of piperazine rings is 1. The maximum atomic E-state index is 6.03. The van der Waals surface area contributed by atoms with Crippen molar-refractivity contribution in [2.24, 2.45) is 5.73 Å². The van der Waals surface area contributed by atoms with E-state index in [4.69, 9.17) is 5.73 Å². The van der Waals surface area contributed by atoms with Crippen LogP contribution in [0.25, 0.3) is 0 Å². The first-order chi connectivity index (χ1) is 10.8. The Morgan fingerprint density at radius 3 is 2.00 bits per heavy atom. The molecule has 22 heavy (non-hydrogen) atoms. The van der Waals surface area contributed by atoms with Crippen molar-refractivity contribution in [3.8, 4) is 0 Å². The lowest BCUT2D eigenvalue weighted by Crippen LogP contribution is -2.55. The molecular weight excluding hydrogens is 270 g/mol. The molecule has 1 saturated heterocycles. The van der Waals surface area contributed by atoms with Crippen LogP contribution in [0.2, 0.25) is 0 Å². The van der Waals surface area contributed by atoms with Crippen LogP contribution in [0.1, 0.15) is 11.1 Å². The first-order valence-electron chi connectivity index (χ1n) is 8.09. The molecule has 0 spiro atoms. The Bertz CT molecular complexity index is 555. The number of nitrogens with zero attached hydrogens (tertiary/aromatic N) is 2. The van der Waals surface area contributed by atoms with Crippen LogP contribution in [0, 0.1) is 0 Å². The van der Waals surface area contributed by atoms with Crippen LogP contribution in [0.3, 0.4) is 0 Å². The number of nitrogens with two attached hydrogens (primary N) is 1. The molecule has 1 aliphatic rings. The molecule has 0 aliphatic carbocycles. The molecule has 1 fully saturated rings. The normalized spacial score (nSPS) is 20.1. The molecule has 0 aromatic heterocycles. The molecule has 1 heterocycles. The highest BCUT2D eigenvalue weighted by molar-refractivity contribution is 5.16. The maximum absolute atomic E-state index is 6.03. The average Bonchev–Trinajstić information content (AvgIpc) is 2.58. The van der Waals surface area contributed by atoms with Crippen LogP contribution in [-0.2, 0) is 13.1 Å². The van der Waals surface area contributed by atoms with Gasteiger partial charge in [-0.2, -0.15) is 0 Å². The van der Waals surface area contributed by atoms with E-state index in [1.165, 1.54) is 11.1 Å². The average molecular weight is 295 g/mol. The molecule has 0 saturated carbocycles. The SMILES string of the molecule is NC[C@H]1CN(Cc2ccccc2)CCN1Cc1ccccc1. The lowest BCUT2D eigenvalue weighted by Gasteiger charge is -2.41. The summed E-state index contributed by atoms with van der Waals surface area (Å²) in [5.74, 6) is 0. The van der Waals surface area contributed by atoms with Crippen molar-refractivity contribution >= 4 is 0 Å². The number of hydrogen-bond donors (Lipinski definition) is 1. The van der Waals surface area contributed by atoms with Crippen molar-refractivity contribution in [2.45, 2.75) is 19.1 Å². The van der Waals surface area contributed by atoms with E-state index in [-0.39, 0.29) is 0 Å². The minimum absolute atomic E-state index is 0.442. The summed E-state index contributed by atoms with van der Waals surface area (Å²) in [5.41, 5.74) is 8.79. The second kappa shape index (κ2) is 7.54. The largest absolute Gasteiger partial charge is 0.329 e. The van der Waals surface area contributed by atoms with Gasteiger partial charge in [-0.1, -0.05) is 60.7 Å². The van der Waals surface area contributed by atoms with Gasteiger partial charge in [-0.15, -0.1) is 0 Å². The summed E-state index contributed by atoms with van der Waals surface area (Å²) in [5, 5.41) is 0. The molecular formula is C19H25N3. The van der Waals surface area contributed by atoms with Crippen molar-refractivity contribution in [3.63, 3.8) is 0 Å². The van der Waals surface area contributed by atoms with Crippen molar-refractivity contribution in [1.82, 2.24) is 9.80 Å². The third kappa shape index (κ3) is 3.95. The first-order valence-corrected chi connectivity index (χ1v) is 8.09. The Labute approximate surface area is 133 Å². The lowest BCUT2D eigenvalue weighted by molar-refractivity contribution is 0.0682. The molecule has 2 aromatic carbocycles. The molecule has 1 atom stereocenters. The van der Waals surface area contributed by atoms with Crippen LogP contribution in [0.15, 0.2) is 60.7 Å². The monoisotopic (exact) mass is 295 g/mol. The third-order valence-electron chi connectivity index (χ3n) is 4.44. The third-order valence-corrected chi connectivity index (χ3v) is 4.44. The molecule has 3 heteroatoms. The quantitative estimate of drug-likeness (QED) is 0.919. The van der Waals surface area contributed by atoms with Gasteiger partial charge in [0.25, 0.3) is 0 Å². The van der Waals surface area contributed by atoms with Crippen LogP contribution in [0.5, 0.6) is 0 Å². The van der Waals surface area contributed by atoms with Crippen LogP contribution >= 0.6 is 0 Å². The molecule has 2 aromatic rings. The number of hydrogen-bond acceptors (Lipinski definition) is 3. The summed E-state index contributed by atoms with van der Waals surface area (Å²) >= 11 is 0. The molecule has 1 aliphatic heterocycles. The Morgan fingerprint density at radius 2 is 1.41 bits per heavy atom. The van der Waals surface area contributed by atoms with E-state index < -0.39 is 0 Å². The summed E-state index contributed by atoms with van der Waals surface area (Å²) in [6.07, 6.45) is 0. The van der Waals surface area contributed by atoms with Crippen molar-refractivity contribution in [1.29, 1.82) is 0 Å². The maximum Gasteiger partial charge on any atom is 0.0349 e. The highest BCUT2D eigenvalue weighted by atomic mass is 15.3. The van der Waals surface area contributed by atoms with E-state index in [2.05, 4.69) is 70.5 Å². The van der Waals surface area contributed by atoms with Gasteiger partial charge in [-0.3, -0.25) is 9.80 Å². The van der Waals surface area contributed by atoms with Gasteiger partial charge < -0.3 is 5.73 Å². The zero-order valence-corrected chi connectivity index (χ0v) is 13.1. The predicted molar refractivity (Wildman–Crippen MR) is 91.4 cm³/mol. The highest BCUT2D eigenvalue weighted by Crippen LogP contribution is 2.15. The summed E-state index contributed by atoms with van der Waals surface area (Å²) in [4.78, 5) is 5.05. The summed E-state index contributed by atoms with van der Waals surface area (Å²) < 4.78 is 0. The van der Waals surface area contributed by atoms with E-state index in [9.17, 15) is 0 Å². The van der Waals surface area contributed by atoms with Crippen LogP contribution in [-0.4, -0.2) is 42.0 Å². The van der Waals surface area contributed by atoms with Crippen LogP contribution < -0.4 is 5.73 Å². The smallest absolute Gasteiger partial charge is 0.0349 e. The number of benzene rings is 2. The van der Waals surface area contributed by atoms with Gasteiger partial charge in [0.1, 0.15) is 0 Å². The molecule has 2 N–H and O–H groups in total. The van der Waals surface area contributed by atoms with Gasteiger partial charge >= 0.3 is 0 Å². The topological polar surface area (TPSA) is 32.5 Å². The van der Waals surface area contributed by atoms with Crippen molar-refractivity contribution in [2.75, 3.05) is 26.2 Å². The molecule has 0 bridgehead atoms. The number of rotatable bonds is 5. The first kappa shape index (κ1) is 15.2. The highest BCUT2D eigenvalue weighted by Gasteiger charge is 2.25. The predicted octanol–water partition coefficient (Wildman–Crippen LogP) is 2.33. The molecule has 3 rings (SSSR count). The van der Waals surface area contributed by atoms with Gasteiger partial charge in [0.2, 0.25) is 0 Å². The minimum Gasteiger partial charge on any atom is -0.329 e. The summed E-state index contributed by atoms with van der Waals surface area (Å²) in [6.45, 7) is 6.00. The van der Waals surface area contributed by atoms with Gasteiger partial charge in [0, 0.05) is 45.3 Å². The minimum atomic E-state index is 0.442. The fourth-order valence-electron chi connectivity index (χ4n) is 3.19. The summed E-state index contributed by atoms with van der Waals surface area (Å²) in [7, 11) is 0. The van der Waals surface area contributed by atoms with Crippen molar-refractivity contribution in [3.05, 3.63) is 71.8 Å². The van der Waals surface area contributed by atoms with Gasteiger partial charge in [-0.05, 0) is 11.1 Å². The van der Waals surface area contributed by atoms with E-state index in [0.29, 0.717) is 6.04 Å². The Hall–Kier alpha value is -1.68. The zero-order valence-electron chi connectivity index (χ0n) is 13.1. The Balaban J connectivity index is 1.59. The van der Waals surface area contributed by atoms with E-state index >= 15 is 0 Å². The fraction of sp³-hybridized carbons (Fsp3) is 0.368. The van der Waals surface area contributed by atoms with E-state index in [1.54, 1.807) is 0 Å². The van der Waals surface area contributed by atoms with Gasteiger partial charge in [0.15, 0.2) is 0 Å². The zero-order chi connectivity index (χ0) is 15.2. The van der Waals surface area contributed by atoms with E-state index in [1.807, 2.05) is 0 Å². The second-order valence-electron chi connectivity index (χ2n) is 6.07. The van der Waals surface area contributed by atoms with Crippen molar-refractivity contribution < 1.29 is 0 Å². The molecule has 0 unspecified atom stereocenters. The van der Waals surface area contributed by atoms with Crippen LogP contribution in [0.4, 0.5) is 0 Å². The van der Waals surface area contributed by atoms with Gasteiger partial charge in [0.05, 0.1) is 0 Å². The molecule has 116 valence electrons. The second-order valence-corrected chi connectivity index (χ2v) is 6.07. The lowest BCUT2D eigenvalue weighted by atomic mass is 10.1.